The average Bonchev–Trinajstić information content (AvgIpc) is 2.28. The molecule has 0 bridgehead atoms. The molecule has 1 aromatic rings. The summed E-state index contributed by atoms with van der Waals surface area (Å²) >= 11 is 0. The zero-order chi connectivity index (χ0) is 13.8. The standard InChI is InChI=1S/C13H19N3O2/c1-9-5-6-10(14-7-9)16-11(17)8-15-12(18)13(2,3)4/h5-7H,8H2,1-4H3,(H,15,18)(H,14,16,17). The van der Waals surface area contributed by atoms with Gasteiger partial charge in [0.2, 0.25) is 11.8 Å². The number of hydrogen-bond donors (Lipinski definition) is 2. The van der Waals surface area contributed by atoms with E-state index in [2.05, 4.69) is 15.6 Å². The predicted octanol–water partition coefficient (Wildman–Crippen LogP) is 1.49. The number of carbonyl (C=O) groups is 2. The van der Waals surface area contributed by atoms with E-state index in [0.717, 1.165) is 5.56 Å². The number of aromatic nitrogens is 1. The van der Waals surface area contributed by atoms with Crippen LogP contribution in [0.2, 0.25) is 0 Å². The Morgan fingerprint density at radius 2 is 1.94 bits per heavy atom. The van der Waals surface area contributed by atoms with Crippen molar-refractivity contribution in [3.63, 3.8) is 0 Å². The number of amides is 2. The quantitative estimate of drug-likeness (QED) is 0.852. The zero-order valence-electron chi connectivity index (χ0n) is 11.2. The van der Waals surface area contributed by atoms with Crippen molar-refractivity contribution in [1.82, 2.24) is 10.3 Å². The third-order valence-electron chi connectivity index (χ3n) is 2.27. The predicted molar refractivity (Wildman–Crippen MR) is 70.1 cm³/mol. The van der Waals surface area contributed by atoms with Gasteiger partial charge in [0.25, 0.3) is 0 Å². The van der Waals surface area contributed by atoms with Crippen LogP contribution in [0.5, 0.6) is 0 Å². The van der Waals surface area contributed by atoms with E-state index >= 15 is 0 Å². The van der Waals surface area contributed by atoms with E-state index in [4.69, 9.17) is 0 Å². The zero-order valence-corrected chi connectivity index (χ0v) is 11.2. The number of pyridine rings is 1. The van der Waals surface area contributed by atoms with E-state index in [9.17, 15) is 9.59 Å². The lowest BCUT2D eigenvalue weighted by Crippen LogP contribution is -2.39. The maximum Gasteiger partial charge on any atom is 0.244 e. The number of aryl methyl sites for hydroxylation is 1. The fraction of sp³-hybridized carbons (Fsp3) is 0.462. The number of hydrogen-bond acceptors (Lipinski definition) is 3. The van der Waals surface area contributed by atoms with Gasteiger partial charge in [0.05, 0.1) is 6.54 Å². The van der Waals surface area contributed by atoms with Crippen LogP contribution in [0.3, 0.4) is 0 Å². The molecule has 0 aromatic carbocycles. The lowest BCUT2D eigenvalue weighted by Gasteiger charge is -2.17. The van der Waals surface area contributed by atoms with Crippen LogP contribution in [0.25, 0.3) is 0 Å². The molecule has 5 heteroatoms. The Bertz CT molecular complexity index is 433. The Hall–Kier alpha value is -1.91. The number of carbonyl (C=O) groups excluding carboxylic acids is 2. The summed E-state index contributed by atoms with van der Waals surface area (Å²) in [7, 11) is 0. The molecule has 98 valence electrons. The minimum absolute atomic E-state index is 0.0499. The molecule has 0 atom stereocenters. The summed E-state index contributed by atoms with van der Waals surface area (Å²) in [5, 5.41) is 5.19. The smallest absolute Gasteiger partial charge is 0.244 e. The molecule has 1 heterocycles. The molecule has 0 aliphatic carbocycles. The molecule has 1 rings (SSSR count). The first kappa shape index (κ1) is 14.2. The molecule has 18 heavy (non-hydrogen) atoms. The Morgan fingerprint density at radius 3 is 2.44 bits per heavy atom. The van der Waals surface area contributed by atoms with Crippen LogP contribution in [-0.2, 0) is 9.59 Å². The highest BCUT2D eigenvalue weighted by Crippen LogP contribution is 2.12. The summed E-state index contributed by atoms with van der Waals surface area (Å²) in [6.07, 6.45) is 1.67. The second-order valence-corrected chi connectivity index (χ2v) is 5.20. The van der Waals surface area contributed by atoms with Crippen molar-refractivity contribution >= 4 is 17.6 Å². The van der Waals surface area contributed by atoms with Gasteiger partial charge in [0, 0.05) is 11.6 Å². The number of anilines is 1. The molecule has 0 saturated heterocycles. The second-order valence-electron chi connectivity index (χ2n) is 5.20. The van der Waals surface area contributed by atoms with Crippen molar-refractivity contribution < 1.29 is 9.59 Å². The van der Waals surface area contributed by atoms with Crippen molar-refractivity contribution in [1.29, 1.82) is 0 Å². The van der Waals surface area contributed by atoms with Crippen LogP contribution in [-0.4, -0.2) is 23.3 Å². The Labute approximate surface area is 107 Å². The molecular formula is C13H19N3O2. The highest BCUT2D eigenvalue weighted by atomic mass is 16.2. The summed E-state index contributed by atoms with van der Waals surface area (Å²) < 4.78 is 0. The van der Waals surface area contributed by atoms with Crippen molar-refractivity contribution in [2.45, 2.75) is 27.7 Å². The fourth-order valence-corrected chi connectivity index (χ4v) is 1.15. The van der Waals surface area contributed by atoms with Gasteiger partial charge in [-0.2, -0.15) is 0 Å². The summed E-state index contributed by atoms with van der Waals surface area (Å²) in [5.74, 6) is 0.0362. The molecule has 0 radical (unpaired) electrons. The molecule has 0 aliphatic heterocycles. The molecule has 0 spiro atoms. The number of nitrogens with zero attached hydrogens (tertiary/aromatic N) is 1. The van der Waals surface area contributed by atoms with Gasteiger partial charge >= 0.3 is 0 Å². The molecule has 2 amide bonds. The van der Waals surface area contributed by atoms with E-state index in [0.29, 0.717) is 5.82 Å². The lowest BCUT2D eigenvalue weighted by atomic mass is 9.96. The molecule has 0 aliphatic rings. The molecule has 5 nitrogen and oxygen atoms in total. The molecule has 2 N–H and O–H groups in total. The first-order valence-corrected chi connectivity index (χ1v) is 5.80. The number of rotatable bonds is 3. The van der Waals surface area contributed by atoms with E-state index in [1.807, 2.05) is 13.0 Å². The van der Waals surface area contributed by atoms with E-state index in [1.165, 1.54) is 0 Å². The van der Waals surface area contributed by atoms with Crippen LogP contribution in [0, 0.1) is 12.3 Å². The summed E-state index contributed by atoms with van der Waals surface area (Å²) in [6, 6.07) is 3.58. The van der Waals surface area contributed by atoms with E-state index in [-0.39, 0.29) is 18.4 Å². The highest BCUT2D eigenvalue weighted by molar-refractivity contribution is 5.94. The Kier molecular flexibility index (Phi) is 4.42. The first-order chi connectivity index (χ1) is 8.29. The van der Waals surface area contributed by atoms with Crippen molar-refractivity contribution in [2.24, 2.45) is 5.41 Å². The van der Waals surface area contributed by atoms with Crippen molar-refractivity contribution in [3.05, 3.63) is 23.9 Å². The average molecular weight is 249 g/mol. The van der Waals surface area contributed by atoms with Crippen LogP contribution >= 0.6 is 0 Å². The highest BCUT2D eigenvalue weighted by Gasteiger charge is 2.21. The third-order valence-corrected chi connectivity index (χ3v) is 2.27. The van der Waals surface area contributed by atoms with Crippen LogP contribution < -0.4 is 10.6 Å². The maximum absolute atomic E-state index is 11.6. The normalized spacial score (nSPS) is 10.9. The Morgan fingerprint density at radius 1 is 1.28 bits per heavy atom. The van der Waals surface area contributed by atoms with Gasteiger partial charge in [0.1, 0.15) is 5.82 Å². The molecule has 1 aromatic heterocycles. The topological polar surface area (TPSA) is 71.1 Å². The van der Waals surface area contributed by atoms with Crippen molar-refractivity contribution in [3.8, 4) is 0 Å². The second kappa shape index (κ2) is 5.62. The molecule has 0 unspecified atom stereocenters. The maximum atomic E-state index is 11.6. The minimum atomic E-state index is -0.498. The van der Waals surface area contributed by atoms with E-state index in [1.54, 1.807) is 33.0 Å². The Balaban J connectivity index is 2.43. The molecule has 0 fully saturated rings. The van der Waals surface area contributed by atoms with Gasteiger partial charge in [-0.25, -0.2) is 4.98 Å². The third kappa shape index (κ3) is 4.53. The first-order valence-electron chi connectivity index (χ1n) is 5.80. The van der Waals surface area contributed by atoms with E-state index < -0.39 is 5.41 Å². The summed E-state index contributed by atoms with van der Waals surface area (Å²) in [5.41, 5.74) is 0.525. The molecule has 0 saturated carbocycles. The van der Waals surface area contributed by atoms with Gasteiger partial charge in [-0.1, -0.05) is 26.8 Å². The lowest BCUT2D eigenvalue weighted by molar-refractivity contribution is -0.130. The van der Waals surface area contributed by atoms with Crippen molar-refractivity contribution in [2.75, 3.05) is 11.9 Å². The fourth-order valence-electron chi connectivity index (χ4n) is 1.15. The summed E-state index contributed by atoms with van der Waals surface area (Å²) in [6.45, 7) is 7.25. The van der Waals surface area contributed by atoms with Gasteiger partial charge < -0.3 is 10.6 Å². The largest absolute Gasteiger partial charge is 0.347 e. The monoisotopic (exact) mass is 249 g/mol. The summed E-state index contributed by atoms with van der Waals surface area (Å²) in [4.78, 5) is 27.2. The minimum Gasteiger partial charge on any atom is -0.347 e. The van der Waals surface area contributed by atoms with Crippen LogP contribution in [0.15, 0.2) is 18.3 Å². The molecular weight excluding hydrogens is 230 g/mol. The van der Waals surface area contributed by atoms with Gasteiger partial charge in [0.15, 0.2) is 0 Å². The van der Waals surface area contributed by atoms with Gasteiger partial charge in [-0.15, -0.1) is 0 Å². The van der Waals surface area contributed by atoms with Gasteiger partial charge in [-0.3, -0.25) is 9.59 Å². The van der Waals surface area contributed by atoms with Crippen LogP contribution in [0.1, 0.15) is 26.3 Å². The SMILES string of the molecule is Cc1ccc(NC(=O)CNC(=O)C(C)(C)C)nc1. The van der Waals surface area contributed by atoms with Gasteiger partial charge in [-0.05, 0) is 18.6 Å². The van der Waals surface area contributed by atoms with Crippen LogP contribution in [0.4, 0.5) is 5.82 Å². The number of nitrogens with one attached hydrogen (secondary N) is 2.